The van der Waals surface area contributed by atoms with Gasteiger partial charge in [0.25, 0.3) is 5.56 Å². The lowest BCUT2D eigenvalue weighted by atomic mass is 10.2. The smallest absolute Gasteiger partial charge is 0.321 e. The van der Waals surface area contributed by atoms with E-state index >= 15 is 0 Å². The molecule has 3 N–H and O–H groups in total. The molecule has 3 amide bonds. The summed E-state index contributed by atoms with van der Waals surface area (Å²) in [7, 11) is 0. The van der Waals surface area contributed by atoms with E-state index in [1.807, 2.05) is 0 Å². The van der Waals surface area contributed by atoms with Gasteiger partial charge in [-0.15, -0.1) is 0 Å². The summed E-state index contributed by atoms with van der Waals surface area (Å²) in [6.45, 7) is 1.91. The summed E-state index contributed by atoms with van der Waals surface area (Å²) in [4.78, 5) is 41.9. The first-order valence-electron chi connectivity index (χ1n) is 9.88. The second-order valence-electron chi connectivity index (χ2n) is 7.15. The van der Waals surface area contributed by atoms with Crippen molar-refractivity contribution in [2.75, 3.05) is 6.61 Å². The summed E-state index contributed by atoms with van der Waals surface area (Å²) in [5.41, 5.74) is 0.338. The molecule has 2 aromatic rings. The number of imide groups is 1. The Hall–Kier alpha value is -2.39. The van der Waals surface area contributed by atoms with Gasteiger partial charge in [0.1, 0.15) is 0 Å². The fourth-order valence-electron chi connectivity index (χ4n) is 3.38. The van der Waals surface area contributed by atoms with Crippen molar-refractivity contribution in [3.8, 4) is 0 Å². The largest absolute Gasteiger partial charge is 0.396 e. The minimum absolute atomic E-state index is 0.0548. The van der Waals surface area contributed by atoms with Crippen molar-refractivity contribution in [2.24, 2.45) is 0 Å². The number of rotatable bonds is 7. The van der Waals surface area contributed by atoms with Crippen molar-refractivity contribution in [3.63, 3.8) is 0 Å². The fourth-order valence-corrected chi connectivity index (χ4v) is 4.32. The number of carbonyl (C=O) groups excluding carboxylic acids is 2. The van der Waals surface area contributed by atoms with Gasteiger partial charge in [0.15, 0.2) is 5.16 Å². The second kappa shape index (κ2) is 9.89. The quantitative estimate of drug-likeness (QED) is 0.468. The molecule has 0 spiro atoms. The Morgan fingerprint density at radius 3 is 2.76 bits per heavy atom. The molecule has 29 heavy (non-hydrogen) atoms. The number of hydrogen-bond donors (Lipinski definition) is 3. The average molecular weight is 419 g/mol. The number of para-hydroxylation sites is 1. The molecule has 0 aliphatic heterocycles. The van der Waals surface area contributed by atoms with Crippen LogP contribution < -0.4 is 16.2 Å². The first kappa shape index (κ1) is 21.3. The molecule has 156 valence electrons. The minimum atomic E-state index is -0.627. The standard InChI is InChI=1S/C20H26N4O4S/c1-13(17(26)23-19(28)21-14-7-2-3-8-14)29-20-22-16-10-5-4-9-15(16)18(27)24(20)11-6-12-25/h4-5,9-10,13-14,25H,2-3,6-8,11-12H2,1H3,(H2,21,23,26,28)/t13-/m1/s1. The maximum Gasteiger partial charge on any atom is 0.321 e. The predicted octanol–water partition coefficient (Wildman–Crippen LogP) is 2.03. The summed E-state index contributed by atoms with van der Waals surface area (Å²) in [6.07, 6.45) is 4.44. The van der Waals surface area contributed by atoms with Crippen LogP contribution in [0.25, 0.3) is 10.9 Å². The maximum atomic E-state index is 12.8. The van der Waals surface area contributed by atoms with Gasteiger partial charge in [0.2, 0.25) is 5.91 Å². The molecule has 1 aromatic heterocycles. The molecule has 1 heterocycles. The number of benzene rings is 1. The van der Waals surface area contributed by atoms with E-state index in [1.165, 1.54) is 4.57 Å². The minimum Gasteiger partial charge on any atom is -0.396 e. The molecule has 0 unspecified atom stereocenters. The molecular formula is C20H26N4O4S. The third-order valence-electron chi connectivity index (χ3n) is 4.94. The highest BCUT2D eigenvalue weighted by Gasteiger charge is 2.23. The van der Waals surface area contributed by atoms with Crippen LogP contribution in [0, 0.1) is 0 Å². The summed E-state index contributed by atoms with van der Waals surface area (Å²) >= 11 is 1.12. The lowest BCUT2D eigenvalue weighted by Gasteiger charge is -2.17. The summed E-state index contributed by atoms with van der Waals surface area (Å²) in [6, 6.07) is 6.66. The van der Waals surface area contributed by atoms with Gasteiger partial charge in [0, 0.05) is 19.2 Å². The molecule has 9 heteroatoms. The van der Waals surface area contributed by atoms with Crippen molar-refractivity contribution in [1.82, 2.24) is 20.2 Å². The first-order valence-corrected chi connectivity index (χ1v) is 10.8. The number of amides is 3. The Balaban J connectivity index is 1.74. The third-order valence-corrected chi connectivity index (χ3v) is 6.04. The Morgan fingerprint density at radius 1 is 1.31 bits per heavy atom. The zero-order valence-electron chi connectivity index (χ0n) is 16.4. The average Bonchev–Trinajstić information content (AvgIpc) is 3.20. The number of thioether (sulfide) groups is 1. The predicted molar refractivity (Wildman–Crippen MR) is 112 cm³/mol. The van der Waals surface area contributed by atoms with Gasteiger partial charge in [-0.05, 0) is 38.3 Å². The van der Waals surface area contributed by atoms with Crippen LogP contribution in [0.2, 0.25) is 0 Å². The van der Waals surface area contributed by atoms with Gasteiger partial charge in [-0.25, -0.2) is 9.78 Å². The van der Waals surface area contributed by atoms with E-state index in [0.29, 0.717) is 29.0 Å². The van der Waals surface area contributed by atoms with E-state index in [0.717, 1.165) is 37.4 Å². The zero-order chi connectivity index (χ0) is 20.8. The van der Waals surface area contributed by atoms with Crippen LogP contribution >= 0.6 is 11.8 Å². The number of nitrogens with one attached hydrogen (secondary N) is 2. The van der Waals surface area contributed by atoms with Crippen LogP contribution in [0.4, 0.5) is 4.79 Å². The van der Waals surface area contributed by atoms with Crippen LogP contribution in [0.15, 0.2) is 34.2 Å². The topological polar surface area (TPSA) is 113 Å². The van der Waals surface area contributed by atoms with Crippen molar-refractivity contribution >= 4 is 34.6 Å². The summed E-state index contributed by atoms with van der Waals surface area (Å²) in [5.74, 6) is -0.443. The number of carbonyl (C=O) groups is 2. The molecule has 1 saturated carbocycles. The van der Waals surface area contributed by atoms with E-state index in [9.17, 15) is 14.4 Å². The molecule has 1 aliphatic carbocycles. The van der Waals surface area contributed by atoms with Gasteiger partial charge in [-0.3, -0.25) is 19.5 Å². The van der Waals surface area contributed by atoms with E-state index in [-0.39, 0.29) is 18.2 Å². The maximum absolute atomic E-state index is 12.8. The van der Waals surface area contributed by atoms with Gasteiger partial charge in [-0.1, -0.05) is 36.7 Å². The number of urea groups is 1. The van der Waals surface area contributed by atoms with E-state index in [1.54, 1.807) is 31.2 Å². The molecule has 1 atom stereocenters. The van der Waals surface area contributed by atoms with Crippen molar-refractivity contribution < 1.29 is 14.7 Å². The highest BCUT2D eigenvalue weighted by atomic mass is 32.2. The SMILES string of the molecule is C[C@@H](Sc1nc2ccccc2c(=O)n1CCCO)C(=O)NC(=O)NC1CCCC1. The molecule has 1 aromatic carbocycles. The normalized spacial score (nSPS) is 15.4. The van der Waals surface area contributed by atoms with Crippen molar-refractivity contribution in [3.05, 3.63) is 34.6 Å². The lowest BCUT2D eigenvalue weighted by Crippen LogP contribution is -2.46. The molecule has 0 radical (unpaired) electrons. The number of aliphatic hydroxyl groups is 1. The van der Waals surface area contributed by atoms with Gasteiger partial charge in [0.05, 0.1) is 16.2 Å². The van der Waals surface area contributed by atoms with Crippen molar-refractivity contribution in [1.29, 1.82) is 0 Å². The number of hydrogen-bond acceptors (Lipinski definition) is 6. The number of nitrogens with zero attached hydrogens (tertiary/aromatic N) is 2. The molecule has 3 rings (SSSR count). The van der Waals surface area contributed by atoms with Crippen LogP contribution in [-0.2, 0) is 11.3 Å². The molecule has 1 fully saturated rings. The Bertz CT molecular complexity index is 940. The zero-order valence-corrected chi connectivity index (χ0v) is 17.2. The summed E-state index contributed by atoms with van der Waals surface area (Å²) in [5, 5.41) is 14.6. The molecule has 0 bridgehead atoms. The van der Waals surface area contributed by atoms with E-state index < -0.39 is 17.2 Å². The Labute approximate surface area is 173 Å². The number of aliphatic hydroxyl groups excluding tert-OH is 1. The molecule has 1 aliphatic rings. The first-order chi connectivity index (χ1) is 14.0. The molecule has 8 nitrogen and oxygen atoms in total. The van der Waals surface area contributed by atoms with Crippen LogP contribution in [-0.4, -0.2) is 44.5 Å². The number of fused-ring (bicyclic) bond motifs is 1. The van der Waals surface area contributed by atoms with Gasteiger partial charge in [-0.2, -0.15) is 0 Å². The van der Waals surface area contributed by atoms with Crippen LogP contribution in [0.3, 0.4) is 0 Å². The third kappa shape index (κ3) is 5.36. The second-order valence-corrected chi connectivity index (χ2v) is 8.46. The molecule has 0 saturated heterocycles. The Kier molecular flexibility index (Phi) is 7.27. The number of aromatic nitrogens is 2. The lowest BCUT2D eigenvalue weighted by molar-refractivity contribution is -0.119. The van der Waals surface area contributed by atoms with Gasteiger partial charge >= 0.3 is 6.03 Å². The van der Waals surface area contributed by atoms with Crippen molar-refractivity contribution in [2.45, 2.75) is 62.0 Å². The highest BCUT2D eigenvalue weighted by Crippen LogP contribution is 2.23. The van der Waals surface area contributed by atoms with E-state index in [2.05, 4.69) is 15.6 Å². The van der Waals surface area contributed by atoms with Crippen LogP contribution in [0.5, 0.6) is 0 Å². The monoisotopic (exact) mass is 418 g/mol. The van der Waals surface area contributed by atoms with Gasteiger partial charge < -0.3 is 10.4 Å². The van der Waals surface area contributed by atoms with Crippen LogP contribution in [0.1, 0.15) is 39.0 Å². The molecular weight excluding hydrogens is 392 g/mol. The Morgan fingerprint density at radius 2 is 2.03 bits per heavy atom. The van der Waals surface area contributed by atoms with E-state index in [4.69, 9.17) is 5.11 Å². The summed E-state index contributed by atoms with van der Waals surface area (Å²) < 4.78 is 1.48. The fraction of sp³-hybridized carbons (Fsp3) is 0.500. The highest BCUT2D eigenvalue weighted by molar-refractivity contribution is 8.00.